The Morgan fingerprint density at radius 1 is 1.25 bits per heavy atom. The van der Waals surface area contributed by atoms with E-state index in [9.17, 15) is 9.90 Å². The topological polar surface area (TPSA) is 40.5 Å². The van der Waals surface area contributed by atoms with Gasteiger partial charge in [0.2, 0.25) is 5.91 Å². The molecule has 3 nitrogen and oxygen atoms in total. The van der Waals surface area contributed by atoms with Crippen LogP contribution in [0.2, 0.25) is 0 Å². The number of hydrogen-bond donors (Lipinski definition) is 1. The van der Waals surface area contributed by atoms with Gasteiger partial charge in [0.05, 0.1) is 0 Å². The van der Waals surface area contributed by atoms with Crippen LogP contribution in [0.25, 0.3) is 0 Å². The lowest BCUT2D eigenvalue weighted by atomic mass is 9.96. The summed E-state index contributed by atoms with van der Waals surface area (Å²) in [7, 11) is 0. The van der Waals surface area contributed by atoms with Crippen molar-refractivity contribution >= 4 is 17.7 Å². The molecule has 1 unspecified atom stereocenters. The molecule has 2 fully saturated rings. The first-order valence-electron chi connectivity index (χ1n) is 7.35. The highest BCUT2D eigenvalue weighted by Gasteiger charge is 2.58. The molecule has 3 aliphatic rings. The van der Waals surface area contributed by atoms with Gasteiger partial charge in [-0.25, -0.2) is 0 Å². The Kier molecular flexibility index (Phi) is 2.78. The van der Waals surface area contributed by atoms with Crippen molar-refractivity contribution in [1.82, 2.24) is 4.90 Å². The van der Waals surface area contributed by atoms with Gasteiger partial charge in [0.1, 0.15) is 5.75 Å². The van der Waals surface area contributed by atoms with Crippen LogP contribution in [0.5, 0.6) is 5.75 Å². The number of hydrogen-bond acceptors (Lipinski definition) is 3. The zero-order valence-corrected chi connectivity index (χ0v) is 12.3. The number of nitrogens with zero attached hydrogens (tertiary/aromatic N) is 1. The molecular formula is C16H19NO2S. The van der Waals surface area contributed by atoms with E-state index in [-0.39, 0.29) is 5.92 Å². The molecule has 1 spiro atoms. The lowest BCUT2D eigenvalue weighted by molar-refractivity contribution is -0.134. The van der Waals surface area contributed by atoms with Crippen LogP contribution in [0.4, 0.5) is 0 Å². The molecular weight excluding hydrogens is 270 g/mol. The Balaban J connectivity index is 1.47. The van der Waals surface area contributed by atoms with Crippen molar-refractivity contribution in [2.45, 2.75) is 32.4 Å². The average Bonchev–Trinajstić information content (AvgIpc) is 2.96. The van der Waals surface area contributed by atoms with Crippen LogP contribution in [0.1, 0.15) is 30.4 Å². The van der Waals surface area contributed by atoms with Crippen molar-refractivity contribution in [3.8, 4) is 5.75 Å². The number of aromatic hydroxyl groups is 1. The standard InChI is InChI=1S/C16H19NO2S/c18-13-2-1-11-9-17(10-12(11)7-13)15(19)14-8-16(14)3-5-20-6-4-16/h1-2,7,14,18H,3-6,8-10H2. The first-order chi connectivity index (χ1) is 9.68. The third kappa shape index (κ3) is 1.93. The molecule has 1 aromatic rings. The van der Waals surface area contributed by atoms with Crippen LogP contribution in [-0.4, -0.2) is 27.4 Å². The van der Waals surface area contributed by atoms with E-state index in [0.717, 1.165) is 18.5 Å². The fourth-order valence-electron chi connectivity index (χ4n) is 3.78. The molecule has 4 heteroatoms. The Hall–Kier alpha value is -1.16. The van der Waals surface area contributed by atoms with Gasteiger partial charge in [-0.05, 0) is 59.4 Å². The van der Waals surface area contributed by atoms with Gasteiger partial charge in [-0.1, -0.05) is 6.07 Å². The maximum atomic E-state index is 12.7. The van der Waals surface area contributed by atoms with Gasteiger partial charge in [-0.3, -0.25) is 4.79 Å². The predicted octanol–water partition coefficient (Wildman–Crippen LogP) is 2.77. The molecule has 20 heavy (non-hydrogen) atoms. The summed E-state index contributed by atoms with van der Waals surface area (Å²) in [5, 5.41) is 9.54. The highest BCUT2D eigenvalue weighted by molar-refractivity contribution is 7.99. The quantitative estimate of drug-likeness (QED) is 0.864. The highest BCUT2D eigenvalue weighted by atomic mass is 32.2. The molecule has 1 saturated carbocycles. The summed E-state index contributed by atoms with van der Waals surface area (Å²) in [6, 6.07) is 5.45. The summed E-state index contributed by atoms with van der Waals surface area (Å²) in [4.78, 5) is 14.7. The Bertz CT molecular complexity index is 566. The van der Waals surface area contributed by atoms with Crippen LogP contribution in [0, 0.1) is 11.3 Å². The maximum absolute atomic E-state index is 12.7. The minimum absolute atomic E-state index is 0.270. The molecule has 2 heterocycles. The van der Waals surface area contributed by atoms with Gasteiger partial charge in [0.25, 0.3) is 0 Å². The maximum Gasteiger partial charge on any atom is 0.226 e. The largest absolute Gasteiger partial charge is 0.508 e. The third-order valence-corrected chi connectivity index (χ3v) is 6.19. The number of benzene rings is 1. The molecule has 1 aromatic carbocycles. The van der Waals surface area contributed by atoms with Crippen molar-refractivity contribution in [2.24, 2.45) is 11.3 Å². The first kappa shape index (κ1) is 12.6. The summed E-state index contributed by atoms with van der Waals surface area (Å²) in [5.74, 6) is 3.35. The van der Waals surface area contributed by atoms with Crippen LogP contribution < -0.4 is 0 Å². The van der Waals surface area contributed by atoms with E-state index in [1.54, 1.807) is 12.1 Å². The van der Waals surface area contributed by atoms with E-state index in [4.69, 9.17) is 0 Å². The molecule has 1 aliphatic carbocycles. The zero-order chi connectivity index (χ0) is 13.7. The van der Waals surface area contributed by atoms with Gasteiger partial charge >= 0.3 is 0 Å². The molecule has 0 aromatic heterocycles. The van der Waals surface area contributed by atoms with Crippen molar-refractivity contribution in [1.29, 1.82) is 0 Å². The molecule has 1 N–H and O–H groups in total. The molecule has 1 atom stereocenters. The van der Waals surface area contributed by atoms with Crippen LogP contribution >= 0.6 is 11.8 Å². The molecule has 4 rings (SSSR count). The molecule has 106 valence electrons. The number of phenolic OH excluding ortho intramolecular Hbond substituents is 1. The normalized spacial score (nSPS) is 26.6. The van der Waals surface area contributed by atoms with Crippen molar-refractivity contribution in [3.05, 3.63) is 29.3 Å². The predicted molar refractivity (Wildman–Crippen MR) is 79.5 cm³/mol. The molecule has 0 radical (unpaired) electrons. The Labute approximate surface area is 123 Å². The van der Waals surface area contributed by atoms with E-state index >= 15 is 0 Å². The van der Waals surface area contributed by atoms with E-state index in [1.165, 1.54) is 29.9 Å². The van der Waals surface area contributed by atoms with Crippen molar-refractivity contribution in [3.63, 3.8) is 0 Å². The van der Waals surface area contributed by atoms with Gasteiger partial charge in [0, 0.05) is 19.0 Å². The van der Waals surface area contributed by atoms with Crippen molar-refractivity contribution < 1.29 is 9.90 Å². The lowest BCUT2D eigenvalue weighted by Crippen LogP contribution is -2.30. The second-order valence-electron chi connectivity index (χ2n) is 6.38. The highest BCUT2D eigenvalue weighted by Crippen LogP contribution is 2.61. The number of fused-ring (bicyclic) bond motifs is 1. The number of carbonyl (C=O) groups excluding carboxylic acids is 1. The van der Waals surface area contributed by atoms with E-state index in [1.807, 2.05) is 22.7 Å². The van der Waals surface area contributed by atoms with Gasteiger partial charge in [-0.2, -0.15) is 11.8 Å². The minimum Gasteiger partial charge on any atom is -0.508 e. The van der Waals surface area contributed by atoms with Gasteiger partial charge in [-0.15, -0.1) is 0 Å². The molecule has 1 saturated heterocycles. The Morgan fingerprint density at radius 3 is 2.80 bits per heavy atom. The number of amides is 1. The van der Waals surface area contributed by atoms with Crippen LogP contribution in [0.3, 0.4) is 0 Å². The summed E-state index contributed by atoms with van der Waals surface area (Å²) >= 11 is 2.02. The van der Waals surface area contributed by atoms with Crippen molar-refractivity contribution in [2.75, 3.05) is 11.5 Å². The minimum atomic E-state index is 0.270. The average molecular weight is 289 g/mol. The first-order valence-corrected chi connectivity index (χ1v) is 8.51. The summed E-state index contributed by atoms with van der Waals surface area (Å²) in [5.41, 5.74) is 2.64. The fraction of sp³-hybridized carbons (Fsp3) is 0.562. The summed E-state index contributed by atoms with van der Waals surface area (Å²) < 4.78 is 0. The molecule has 1 amide bonds. The van der Waals surface area contributed by atoms with E-state index in [2.05, 4.69) is 0 Å². The van der Waals surface area contributed by atoms with E-state index in [0.29, 0.717) is 23.6 Å². The van der Waals surface area contributed by atoms with E-state index < -0.39 is 0 Å². The van der Waals surface area contributed by atoms with Crippen LogP contribution in [0.15, 0.2) is 18.2 Å². The second-order valence-corrected chi connectivity index (χ2v) is 7.60. The zero-order valence-electron chi connectivity index (χ0n) is 11.5. The molecule has 2 aliphatic heterocycles. The number of phenols is 1. The smallest absolute Gasteiger partial charge is 0.226 e. The SMILES string of the molecule is O=C(C1CC12CCSCC2)N1Cc2ccc(O)cc2C1. The summed E-state index contributed by atoms with van der Waals surface area (Å²) in [6.45, 7) is 1.39. The third-order valence-electron chi connectivity index (χ3n) is 5.20. The van der Waals surface area contributed by atoms with Crippen LogP contribution in [-0.2, 0) is 17.9 Å². The Morgan fingerprint density at radius 2 is 2.00 bits per heavy atom. The second kappa shape index (κ2) is 4.42. The monoisotopic (exact) mass is 289 g/mol. The lowest BCUT2D eigenvalue weighted by Gasteiger charge is -2.23. The van der Waals surface area contributed by atoms with Gasteiger partial charge in [0.15, 0.2) is 0 Å². The summed E-state index contributed by atoms with van der Waals surface area (Å²) in [6.07, 6.45) is 3.54. The number of thioether (sulfide) groups is 1. The van der Waals surface area contributed by atoms with Gasteiger partial charge < -0.3 is 10.0 Å². The number of carbonyl (C=O) groups is 1. The number of rotatable bonds is 1. The fourth-order valence-corrected chi connectivity index (χ4v) is 5.09. The molecule has 0 bridgehead atoms.